The molecule has 0 fully saturated rings. The van der Waals surface area contributed by atoms with Crippen LogP contribution in [0.2, 0.25) is 0 Å². The summed E-state index contributed by atoms with van der Waals surface area (Å²) in [7, 11) is 0. The minimum absolute atomic E-state index is 0.830. The van der Waals surface area contributed by atoms with Crippen LogP contribution in [0.25, 0.3) is 94.8 Å². The summed E-state index contributed by atoms with van der Waals surface area (Å²) in [6, 6.07) is 65.0. The average Bonchev–Trinajstić information content (AvgIpc) is 3.83. The first-order valence-corrected chi connectivity index (χ1v) is 19.1. The van der Waals surface area contributed by atoms with Crippen molar-refractivity contribution in [2.24, 2.45) is 0 Å². The minimum Gasteiger partial charge on any atom is -0.309 e. The molecular weight excluding hydrogens is 681 g/mol. The van der Waals surface area contributed by atoms with Crippen molar-refractivity contribution in [3.63, 3.8) is 0 Å². The van der Waals surface area contributed by atoms with E-state index >= 15 is 0 Å². The largest absolute Gasteiger partial charge is 0.309 e. The number of benzene rings is 6. The molecule has 0 saturated heterocycles. The number of nitrogens with zero attached hydrogens (tertiary/aromatic N) is 4. The summed E-state index contributed by atoms with van der Waals surface area (Å²) in [6.45, 7) is 0. The van der Waals surface area contributed by atoms with Crippen LogP contribution in [0.15, 0.2) is 194 Å². The Bertz CT molecular complexity index is 3020. The van der Waals surface area contributed by atoms with Crippen LogP contribution in [0.3, 0.4) is 0 Å². The monoisotopic (exact) mass is 714 g/mol. The summed E-state index contributed by atoms with van der Waals surface area (Å²) in [5.74, 6) is 0. The van der Waals surface area contributed by atoms with Gasteiger partial charge in [-0.25, -0.2) is 4.98 Å². The van der Waals surface area contributed by atoms with Crippen molar-refractivity contribution >= 4 is 21.8 Å². The van der Waals surface area contributed by atoms with Gasteiger partial charge in [0.1, 0.15) is 0 Å². The maximum Gasteiger partial charge on any atom is 0.0900 e. The molecule has 0 amide bonds. The zero-order chi connectivity index (χ0) is 37.0. The van der Waals surface area contributed by atoms with Crippen LogP contribution >= 0.6 is 0 Å². The lowest BCUT2D eigenvalue weighted by atomic mass is 9.94. The van der Waals surface area contributed by atoms with E-state index in [1.807, 2.05) is 48.8 Å². The topological polar surface area (TPSA) is 43.6 Å². The SMILES string of the molecule is c1ccc(-c2ccc3c(c2)c2cc(-c4cccc5c4Cc4c(-c6cc(-c7ccccn7)nc(-c7ccccn7)c6)cccc4-5)ccc2n3-c2ccccc2)cc1. The van der Waals surface area contributed by atoms with Gasteiger partial charge in [-0.05, 0) is 135 Å². The molecule has 0 atom stereocenters. The Balaban J connectivity index is 1.06. The fourth-order valence-electron chi connectivity index (χ4n) is 8.61. The van der Waals surface area contributed by atoms with Crippen molar-refractivity contribution in [3.05, 3.63) is 206 Å². The van der Waals surface area contributed by atoms with E-state index in [2.05, 4.69) is 160 Å². The fourth-order valence-corrected chi connectivity index (χ4v) is 8.61. The number of aromatic nitrogens is 4. The van der Waals surface area contributed by atoms with Crippen LogP contribution in [0, 0.1) is 0 Å². The highest BCUT2D eigenvalue weighted by atomic mass is 15.0. The average molecular weight is 715 g/mol. The van der Waals surface area contributed by atoms with E-state index in [0.717, 1.165) is 40.4 Å². The maximum atomic E-state index is 5.05. The summed E-state index contributed by atoms with van der Waals surface area (Å²) >= 11 is 0. The quantitative estimate of drug-likeness (QED) is 0.172. The second-order valence-electron chi connectivity index (χ2n) is 14.4. The van der Waals surface area contributed by atoms with E-state index in [0.29, 0.717) is 0 Å². The van der Waals surface area contributed by atoms with Gasteiger partial charge in [-0.15, -0.1) is 0 Å². The van der Waals surface area contributed by atoms with E-state index in [4.69, 9.17) is 4.98 Å². The first kappa shape index (κ1) is 32.0. The van der Waals surface area contributed by atoms with E-state index < -0.39 is 0 Å². The van der Waals surface area contributed by atoms with Crippen molar-refractivity contribution in [2.45, 2.75) is 6.42 Å². The summed E-state index contributed by atoms with van der Waals surface area (Å²) in [6.07, 6.45) is 4.47. The molecule has 4 heteroatoms. The highest BCUT2D eigenvalue weighted by Gasteiger charge is 2.26. The van der Waals surface area contributed by atoms with Crippen LogP contribution in [-0.4, -0.2) is 19.5 Å². The predicted octanol–water partition coefficient (Wildman–Crippen LogP) is 12.9. The van der Waals surface area contributed by atoms with E-state index in [9.17, 15) is 0 Å². The molecule has 4 heterocycles. The van der Waals surface area contributed by atoms with Gasteiger partial charge in [0.05, 0.1) is 33.8 Å². The van der Waals surface area contributed by atoms with E-state index in [1.165, 1.54) is 71.9 Å². The zero-order valence-corrected chi connectivity index (χ0v) is 30.5. The van der Waals surface area contributed by atoms with Gasteiger partial charge in [-0.1, -0.05) is 109 Å². The molecule has 0 spiro atoms. The molecule has 0 radical (unpaired) electrons. The molecule has 1 aliphatic rings. The summed E-state index contributed by atoms with van der Waals surface area (Å²) < 4.78 is 2.40. The Labute approximate surface area is 325 Å². The van der Waals surface area contributed by atoms with Gasteiger partial charge in [0.2, 0.25) is 0 Å². The van der Waals surface area contributed by atoms with E-state index in [1.54, 1.807) is 0 Å². The summed E-state index contributed by atoms with van der Waals surface area (Å²) in [4.78, 5) is 14.4. The third-order valence-electron chi connectivity index (χ3n) is 11.2. The number of rotatable bonds is 6. The molecule has 10 aromatic rings. The number of para-hydroxylation sites is 1. The number of pyridine rings is 3. The van der Waals surface area contributed by atoms with Gasteiger partial charge in [-0.3, -0.25) is 9.97 Å². The van der Waals surface area contributed by atoms with E-state index in [-0.39, 0.29) is 0 Å². The Morgan fingerprint density at radius 2 is 0.875 bits per heavy atom. The first-order valence-electron chi connectivity index (χ1n) is 19.1. The standard InChI is InChI=1S/C52H34N4/c1-3-13-34(14-4-1)35-23-25-51-45(29-35)46-30-36(24-26-52(46)56(51)38-15-5-2-6-16-38)39-17-11-19-41-42-20-12-18-40(44(42)33-43(39)41)37-31-49(47-21-7-9-27-53-47)55-50(32-37)48-22-8-10-28-54-48/h1-32H,33H2. The smallest absolute Gasteiger partial charge is 0.0900 e. The normalized spacial score (nSPS) is 11.9. The molecular formula is C52H34N4. The second kappa shape index (κ2) is 13.2. The molecule has 0 unspecified atom stereocenters. The highest BCUT2D eigenvalue weighted by molar-refractivity contribution is 6.12. The first-order chi connectivity index (χ1) is 27.8. The fraction of sp³-hybridized carbons (Fsp3) is 0.0192. The maximum absolute atomic E-state index is 5.05. The summed E-state index contributed by atoms with van der Waals surface area (Å²) in [5, 5.41) is 2.49. The predicted molar refractivity (Wildman–Crippen MR) is 230 cm³/mol. The van der Waals surface area contributed by atoms with Crippen molar-refractivity contribution < 1.29 is 0 Å². The van der Waals surface area contributed by atoms with Gasteiger partial charge in [-0.2, -0.15) is 0 Å². The molecule has 0 N–H and O–H groups in total. The van der Waals surface area contributed by atoms with Crippen molar-refractivity contribution in [1.82, 2.24) is 19.5 Å². The molecule has 0 saturated carbocycles. The van der Waals surface area contributed by atoms with Crippen molar-refractivity contribution in [3.8, 4) is 73.0 Å². The van der Waals surface area contributed by atoms with Crippen LogP contribution in [0.1, 0.15) is 11.1 Å². The number of fused-ring (bicyclic) bond motifs is 6. The minimum atomic E-state index is 0.830. The Morgan fingerprint density at radius 1 is 0.357 bits per heavy atom. The molecule has 0 aliphatic heterocycles. The lowest BCUT2D eigenvalue weighted by Gasteiger charge is -2.13. The molecule has 11 rings (SSSR count). The van der Waals surface area contributed by atoms with Crippen LogP contribution in [-0.2, 0) is 6.42 Å². The Morgan fingerprint density at radius 3 is 1.46 bits per heavy atom. The van der Waals surface area contributed by atoms with Crippen LogP contribution in [0.4, 0.5) is 0 Å². The van der Waals surface area contributed by atoms with Gasteiger partial charge in [0, 0.05) is 28.9 Å². The second-order valence-corrected chi connectivity index (χ2v) is 14.4. The van der Waals surface area contributed by atoms with Gasteiger partial charge in [0.15, 0.2) is 0 Å². The Kier molecular flexibility index (Phi) is 7.52. The number of hydrogen-bond donors (Lipinski definition) is 0. The Hall–Kier alpha value is -7.43. The third kappa shape index (κ3) is 5.34. The molecule has 4 nitrogen and oxygen atoms in total. The highest BCUT2D eigenvalue weighted by Crippen LogP contribution is 2.47. The molecule has 262 valence electrons. The molecule has 4 aromatic heterocycles. The zero-order valence-electron chi connectivity index (χ0n) is 30.5. The lowest BCUT2D eigenvalue weighted by molar-refractivity contribution is 1.18. The lowest BCUT2D eigenvalue weighted by Crippen LogP contribution is -1.95. The molecule has 1 aliphatic carbocycles. The van der Waals surface area contributed by atoms with Gasteiger partial charge >= 0.3 is 0 Å². The van der Waals surface area contributed by atoms with Gasteiger partial charge < -0.3 is 4.57 Å². The van der Waals surface area contributed by atoms with Crippen LogP contribution in [0.5, 0.6) is 0 Å². The molecule has 0 bridgehead atoms. The van der Waals surface area contributed by atoms with Crippen molar-refractivity contribution in [2.75, 3.05) is 0 Å². The molecule has 56 heavy (non-hydrogen) atoms. The van der Waals surface area contributed by atoms with Gasteiger partial charge in [0.25, 0.3) is 0 Å². The summed E-state index contributed by atoms with van der Waals surface area (Å²) in [5.41, 5.74) is 19.4. The molecule has 6 aromatic carbocycles. The van der Waals surface area contributed by atoms with Crippen molar-refractivity contribution in [1.29, 1.82) is 0 Å². The number of hydrogen-bond acceptors (Lipinski definition) is 3. The third-order valence-corrected chi connectivity index (χ3v) is 11.2. The van der Waals surface area contributed by atoms with Crippen LogP contribution < -0.4 is 0 Å².